The van der Waals surface area contributed by atoms with Crippen molar-refractivity contribution in [3.05, 3.63) is 22.9 Å². The summed E-state index contributed by atoms with van der Waals surface area (Å²) in [4.78, 5) is 34.3. The summed E-state index contributed by atoms with van der Waals surface area (Å²) in [6.07, 6.45) is 6.43. The zero-order valence-corrected chi connectivity index (χ0v) is 24.1. The summed E-state index contributed by atoms with van der Waals surface area (Å²) in [5.41, 5.74) is 0.0976. The van der Waals surface area contributed by atoms with Crippen LogP contribution in [0.5, 0.6) is 0 Å². The van der Waals surface area contributed by atoms with Gasteiger partial charge in [-0.3, -0.25) is 9.93 Å². The molecule has 0 spiro atoms. The van der Waals surface area contributed by atoms with Crippen LogP contribution in [0.1, 0.15) is 72.8 Å². The maximum Gasteiger partial charge on any atom is 0.410 e. The van der Waals surface area contributed by atoms with E-state index >= 15 is 0 Å². The zero-order valence-electron chi connectivity index (χ0n) is 23.2. The Morgan fingerprint density at radius 1 is 1.30 bits per heavy atom. The van der Waals surface area contributed by atoms with Gasteiger partial charge in [0, 0.05) is 26.6 Å². The fourth-order valence-corrected chi connectivity index (χ4v) is 3.21. The van der Waals surface area contributed by atoms with Gasteiger partial charge in [-0.15, -0.1) is 0 Å². The van der Waals surface area contributed by atoms with Gasteiger partial charge in [-0.2, -0.15) is 4.98 Å². The van der Waals surface area contributed by atoms with Crippen molar-refractivity contribution in [3.8, 4) is 11.8 Å². The number of nitrogens with one attached hydrogen (secondary N) is 3. The van der Waals surface area contributed by atoms with Crippen molar-refractivity contribution in [1.82, 2.24) is 20.2 Å². The van der Waals surface area contributed by atoms with Crippen molar-refractivity contribution in [2.75, 3.05) is 37.3 Å². The van der Waals surface area contributed by atoms with Crippen LogP contribution in [0.3, 0.4) is 0 Å². The lowest BCUT2D eigenvalue weighted by Crippen LogP contribution is -2.41. The predicted octanol–water partition coefficient (Wildman–Crippen LogP) is 4.32. The van der Waals surface area contributed by atoms with Crippen LogP contribution in [-0.2, 0) is 9.53 Å². The number of carbonyl (C=O) groups is 2. The Morgan fingerprint density at radius 2 is 2.03 bits per heavy atom. The van der Waals surface area contributed by atoms with Gasteiger partial charge in [0.15, 0.2) is 0 Å². The van der Waals surface area contributed by atoms with E-state index in [2.05, 4.69) is 64.6 Å². The smallest absolute Gasteiger partial charge is 0.410 e. The monoisotopic (exact) mass is 533 g/mol. The summed E-state index contributed by atoms with van der Waals surface area (Å²) in [5.74, 6) is 7.50. The first-order valence-corrected chi connectivity index (χ1v) is 13.5. The summed E-state index contributed by atoms with van der Waals surface area (Å²) in [6, 6.07) is 0. The lowest BCUT2D eigenvalue weighted by atomic mass is 10.1. The number of allylic oxidation sites excluding steroid dienone is 1. The number of anilines is 2. The number of hydrogen-bond acceptors (Lipinski definition) is 9. The molecular formula is C26H43N7O3S. The van der Waals surface area contributed by atoms with Gasteiger partial charge in [0.1, 0.15) is 18.0 Å². The largest absolute Gasteiger partial charge is 0.444 e. The molecule has 1 aromatic heterocycles. The van der Waals surface area contributed by atoms with E-state index in [1.807, 2.05) is 0 Å². The Hall–Kier alpha value is -2.97. The van der Waals surface area contributed by atoms with Crippen molar-refractivity contribution in [2.24, 2.45) is 11.1 Å². The summed E-state index contributed by atoms with van der Waals surface area (Å²) in [6.45, 7) is 12.8. The van der Waals surface area contributed by atoms with Crippen LogP contribution in [0.15, 0.2) is 17.3 Å². The molecule has 1 heterocycles. The van der Waals surface area contributed by atoms with Gasteiger partial charge in [0.05, 0.1) is 16.8 Å². The molecule has 2 amide bonds. The van der Waals surface area contributed by atoms with Crippen LogP contribution in [0.25, 0.3) is 0 Å². The third-order valence-electron chi connectivity index (χ3n) is 4.88. The summed E-state index contributed by atoms with van der Waals surface area (Å²) >= 11 is 1.13. The second kappa shape index (κ2) is 16.7. The first kappa shape index (κ1) is 32.1. The Labute approximate surface area is 226 Å². The van der Waals surface area contributed by atoms with Gasteiger partial charge >= 0.3 is 6.09 Å². The van der Waals surface area contributed by atoms with E-state index in [1.54, 1.807) is 27.0 Å². The number of carbonyl (C=O) groups excluding carboxylic acids is 2. The second-order valence-electron chi connectivity index (χ2n) is 9.63. The summed E-state index contributed by atoms with van der Waals surface area (Å²) in [7, 11) is 1.53. The molecule has 0 bridgehead atoms. The number of nitrogens with zero attached hydrogens (tertiary/aromatic N) is 3. The number of rotatable bonds is 13. The number of hydrogen-bond donors (Lipinski definition) is 4. The third kappa shape index (κ3) is 13.8. The third-order valence-corrected chi connectivity index (χ3v) is 5.37. The fraction of sp³-hybridized carbons (Fsp3) is 0.615. The molecule has 5 N–H and O–H groups in total. The Bertz CT molecular complexity index is 967. The molecule has 1 unspecified atom stereocenters. The van der Waals surface area contributed by atoms with Crippen molar-refractivity contribution in [3.63, 3.8) is 0 Å². The van der Waals surface area contributed by atoms with Crippen LogP contribution < -0.4 is 21.1 Å². The molecule has 1 atom stereocenters. The van der Waals surface area contributed by atoms with Gasteiger partial charge in [-0.05, 0) is 57.9 Å². The van der Waals surface area contributed by atoms with E-state index in [1.165, 1.54) is 11.9 Å². The van der Waals surface area contributed by atoms with E-state index in [0.29, 0.717) is 42.6 Å². The molecular weight excluding hydrogens is 490 g/mol. The predicted molar refractivity (Wildman–Crippen MR) is 152 cm³/mol. The minimum atomic E-state index is -0.606. The normalized spacial score (nSPS) is 12.2. The van der Waals surface area contributed by atoms with Gasteiger partial charge in [-0.1, -0.05) is 38.7 Å². The Kier molecular flexibility index (Phi) is 14.5. The van der Waals surface area contributed by atoms with Crippen molar-refractivity contribution in [1.29, 1.82) is 0 Å². The highest BCUT2D eigenvalue weighted by atomic mass is 32.2. The highest BCUT2D eigenvalue weighted by Crippen LogP contribution is 2.19. The van der Waals surface area contributed by atoms with E-state index in [9.17, 15) is 9.59 Å². The maximum absolute atomic E-state index is 12.1. The summed E-state index contributed by atoms with van der Waals surface area (Å²) < 4.78 is 5.25. The van der Waals surface area contributed by atoms with Crippen molar-refractivity contribution >= 4 is 35.7 Å². The Balaban J connectivity index is 2.65. The van der Waals surface area contributed by atoms with Crippen LogP contribution in [-0.4, -0.2) is 59.2 Å². The molecule has 0 aliphatic rings. The van der Waals surface area contributed by atoms with E-state index in [0.717, 1.165) is 36.4 Å². The molecule has 0 saturated carbocycles. The molecule has 0 saturated heterocycles. The minimum absolute atomic E-state index is 0.0678. The van der Waals surface area contributed by atoms with E-state index in [-0.39, 0.29) is 12.5 Å². The topological polar surface area (TPSA) is 134 Å². The Morgan fingerprint density at radius 3 is 2.65 bits per heavy atom. The molecule has 206 valence electrons. The van der Waals surface area contributed by atoms with Crippen LogP contribution in [0.4, 0.5) is 16.6 Å². The zero-order chi connectivity index (χ0) is 27.8. The van der Waals surface area contributed by atoms with Crippen molar-refractivity contribution < 1.29 is 14.3 Å². The van der Waals surface area contributed by atoms with Crippen LogP contribution in [0.2, 0.25) is 0 Å². The number of ether oxygens (including phenoxy) is 1. The maximum atomic E-state index is 12.1. The number of amides is 2. The lowest BCUT2D eigenvalue weighted by molar-refractivity contribution is -0.122. The highest BCUT2D eigenvalue weighted by Gasteiger charge is 2.20. The van der Waals surface area contributed by atoms with Crippen LogP contribution in [0, 0.1) is 17.8 Å². The van der Waals surface area contributed by atoms with Gasteiger partial charge < -0.3 is 25.6 Å². The number of likely N-dealkylation sites (N-methyl/N-ethyl adjacent to an activating group) is 1. The molecule has 37 heavy (non-hydrogen) atoms. The first-order chi connectivity index (χ1) is 17.5. The van der Waals surface area contributed by atoms with Crippen molar-refractivity contribution in [2.45, 2.75) is 72.8 Å². The second-order valence-corrected chi connectivity index (χ2v) is 10.3. The molecule has 1 rings (SSSR count). The first-order valence-electron chi connectivity index (χ1n) is 12.6. The van der Waals surface area contributed by atoms with E-state index in [4.69, 9.17) is 9.88 Å². The molecule has 1 aromatic rings. The highest BCUT2D eigenvalue weighted by molar-refractivity contribution is 8.01. The van der Waals surface area contributed by atoms with E-state index < -0.39 is 11.7 Å². The minimum Gasteiger partial charge on any atom is -0.444 e. The molecule has 0 fully saturated rings. The molecule has 0 radical (unpaired) electrons. The number of unbranched alkanes of at least 4 members (excludes halogenated alkanes) is 1. The SMILES string of the molecule is CCCNc1nc(N/C(=C/C(C)CC)SN)ncc1C#CCCCNC(=O)CN(C)C(=O)OC(C)(C)C. The quantitative estimate of drug-likeness (QED) is 0.166. The molecule has 0 aliphatic heterocycles. The average molecular weight is 534 g/mol. The molecule has 0 aliphatic carbocycles. The fourth-order valence-electron chi connectivity index (χ4n) is 2.75. The average Bonchev–Trinajstić information content (AvgIpc) is 2.83. The summed E-state index contributed by atoms with van der Waals surface area (Å²) in [5, 5.41) is 15.9. The molecule has 10 nitrogen and oxygen atoms in total. The standard InChI is InChI=1S/C26H43N7O3S/c1-8-14-29-23-20(17-30-24(32-23)31-22(37-27)16-19(3)9-2)13-11-10-12-15-28-21(34)18-33(7)25(35)36-26(4,5)6/h16-17,19H,8-10,12,14-15,18,27H2,1-7H3,(H,28,34)(H2,29,30,31,32)/b22-16-. The van der Waals surface area contributed by atoms with Gasteiger partial charge in [0.2, 0.25) is 11.9 Å². The van der Waals surface area contributed by atoms with Crippen LogP contribution >= 0.6 is 11.9 Å². The molecule has 11 heteroatoms. The van der Waals surface area contributed by atoms with Gasteiger partial charge in [-0.25, -0.2) is 9.78 Å². The van der Waals surface area contributed by atoms with Gasteiger partial charge in [0.25, 0.3) is 0 Å². The number of nitrogens with two attached hydrogens (primary N) is 1. The lowest BCUT2D eigenvalue weighted by Gasteiger charge is -2.24. The molecule has 0 aromatic carbocycles. The number of aromatic nitrogens is 2.